The van der Waals surface area contributed by atoms with Crippen LogP contribution in [-0.4, -0.2) is 107 Å². The molecule has 2 N–H and O–H groups in total. The molecular weight excluding hydrogens is 825 g/mol. The summed E-state index contributed by atoms with van der Waals surface area (Å²) in [7, 11) is 0. The summed E-state index contributed by atoms with van der Waals surface area (Å²) in [5.41, 5.74) is 17.8. The van der Waals surface area contributed by atoms with Crippen molar-refractivity contribution in [1.29, 1.82) is 0 Å². The standard InChI is InChI=1S/C54H60N8O4.3H2/c1-7-39-11-15-45(64)16-18-46(39)35(4)53(65)48-29-43(14-17-47(48)37(6)63)62-31-44(32-62)60-24-22-59(23-25-60)42(8-2)28-38-9-12-41(13-10-38)57-54-56-30-40-19-21-61(33-49(40)58-54)52-34(3)27-50-51(36(52)5)55-20-26-66-50;;;/h9-10,12-14,17,29-30,34-35,44,46,55H,1-2,16,18-28,31-33H2,3-6H3,(H,56,57,58);3*1H. The molecule has 2 fully saturated rings. The van der Waals surface area contributed by atoms with E-state index in [4.69, 9.17) is 9.72 Å². The first-order valence-corrected chi connectivity index (χ1v) is 23.5. The maximum absolute atomic E-state index is 14.0. The second kappa shape index (κ2) is 19.1. The van der Waals surface area contributed by atoms with Gasteiger partial charge in [-0.1, -0.05) is 45.1 Å². The Kier molecular flexibility index (Phi) is 12.9. The highest BCUT2D eigenvalue weighted by Gasteiger charge is 2.37. The van der Waals surface area contributed by atoms with Crippen molar-refractivity contribution in [2.24, 2.45) is 17.8 Å². The summed E-state index contributed by atoms with van der Waals surface area (Å²) in [5, 5.41) is 7.03. The number of hydrogen-bond donors (Lipinski definition) is 2. The molecule has 66 heavy (non-hydrogen) atoms. The van der Waals surface area contributed by atoms with Gasteiger partial charge in [0.15, 0.2) is 11.6 Å². The van der Waals surface area contributed by atoms with Crippen molar-refractivity contribution >= 4 is 34.7 Å². The van der Waals surface area contributed by atoms with Crippen molar-refractivity contribution in [3.05, 3.63) is 135 Å². The van der Waals surface area contributed by atoms with Crippen LogP contribution in [0.4, 0.5) is 17.3 Å². The molecule has 0 amide bonds. The Morgan fingerprint density at radius 2 is 1.82 bits per heavy atom. The van der Waals surface area contributed by atoms with Crippen LogP contribution < -0.4 is 15.5 Å². The van der Waals surface area contributed by atoms with Crippen LogP contribution >= 0.6 is 0 Å². The first-order valence-electron chi connectivity index (χ1n) is 23.5. The molecule has 0 radical (unpaired) electrons. The van der Waals surface area contributed by atoms with Crippen LogP contribution in [-0.2, 0) is 28.9 Å². The van der Waals surface area contributed by atoms with Gasteiger partial charge in [0.25, 0.3) is 0 Å². The fraction of sp³-hybridized carbons (Fsp3) is 0.426. The van der Waals surface area contributed by atoms with Crippen molar-refractivity contribution in [2.75, 3.05) is 69.2 Å². The van der Waals surface area contributed by atoms with E-state index in [0.717, 1.165) is 113 Å². The minimum absolute atomic E-state index is 0. The maximum atomic E-state index is 14.0. The third-order valence-corrected chi connectivity index (χ3v) is 14.4. The third kappa shape index (κ3) is 9.12. The quantitative estimate of drug-likeness (QED) is 0.0796. The van der Waals surface area contributed by atoms with Gasteiger partial charge in [0.05, 0.1) is 23.6 Å². The first-order chi connectivity index (χ1) is 32.0. The average Bonchev–Trinajstić information content (AvgIpc) is 3.51. The van der Waals surface area contributed by atoms with Crippen molar-refractivity contribution in [2.45, 2.75) is 72.4 Å². The number of ketones is 3. The number of anilines is 3. The largest absolute Gasteiger partial charge is 0.494 e. The van der Waals surface area contributed by atoms with Gasteiger partial charge in [-0.05, 0) is 79.6 Å². The topological polar surface area (TPSA) is 123 Å². The Morgan fingerprint density at radius 3 is 2.56 bits per heavy atom. The van der Waals surface area contributed by atoms with E-state index in [1.165, 1.54) is 35.0 Å². The summed E-state index contributed by atoms with van der Waals surface area (Å²) in [6.45, 7) is 24.3. The Balaban J connectivity index is 0.00000261. The lowest BCUT2D eigenvalue weighted by Gasteiger charge is -2.49. The number of ether oxygens (including phenoxy) is 1. The van der Waals surface area contributed by atoms with Crippen molar-refractivity contribution in [3.63, 3.8) is 0 Å². The number of aromatic nitrogens is 2. The summed E-state index contributed by atoms with van der Waals surface area (Å²) in [5.74, 6) is 6.40. The third-order valence-electron chi connectivity index (χ3n) is 14.4. The van der Waals surface area contributed by atoms with Gasteiger partial charge in [0.1, 0.15) is 12.4 Å². The SMILES string of the molecule is C=C=C1C#CC(=O)CCC1C(C)C(=O)c1cc(N2CC(N3CCN(C(=C=C)Cc4ccc(Nc5ncc6c(n5)CN(C5=C(C)C7=C(CC5C)OCCN7)CC6)cc4)CC3)C2)ccc1C(C)=O.[HH].[HH].[HH]. The molecule has 12 nitrogen and oxygen atoms in total. The van der Waals surface area contributed by atoms with E-state index in [0.29, 0.717) is 41.0 Å². The Morgan fingerprint density at radius 1 is 1.03 bits per heavy atom. The minimum atomic E-state index is -0.487. The molecule has 6 aliphatic rings. The molecule has 1 aromatic heterocycles. The van der Waals surface area contributed by atoms with E-state index in [2.05, 4.69) is 110 Å². The molecule has 3 aromatic rings. The predicted octanol–water partition coefficient (Wildman–Crippen LogP) is 7.89. The number of hydrogen-bond acceptors (Lipinski definition) is 12. The fourth-order valence-electron chi connectivity index (χ4n) is 10.6. The number of nitrogens with zero attached hydrogens (tertiary/aromatic N) is 6. The second-order valence-corrected chi connectivity index (χ2v) is 18.6. The number of Topliss-reactive ketones (excluding diaryl/α,β-unsaturated/α-hetero) is 3. The van der Waals surface area contributed by atoms with Gasteiger partial charge < -0.3 is 30.1 Å². The van der Waals surface area contributed by atoms with Gasteiger partial charge in [0, 0.05) is 140 Å². The van der Waals surface area contributed by atoms with Crippen LogP contribution in [0.15, 0.2) is 107 Å². The van der Waals surface area contributed by atoms with Gasteiger partial charge in [-0.3, -0.25) is 19.3 Å². The molecule has 0 saturated carbocycles. The smallest absolute Gasteiger partial charge is 0.227 e. The highest BCUT2D eigenvalue weighted by Crippen LogP contribution is 2.39. The number of fused-ring (bicyclic) bond motifs is 1. The molecule has 3 unspecified atom stereocenters. The normalized spacial score (nSPS) is 21.4. The molecule has 0 bridgehead atoms. The zero-order valence-electron chi connectivity index (χ0n) is 38.8. The maximum Gasteiger partial charge on any atom is 0.227 e. The summed E-state index contributed by atoms with van der Waals surface area (Å²) >= 11 is 0. The lowest BCUT2D eigenvalue weighted by molar-refractivity contribution is -0.114. The molecule has 5 heterocycles. The number of benzene rings is 2. The molecule has 9 rings (SSSR count). The van der Waals surface area contributed by atoms with E-state index < -0.39 is 5.92 Å². The molecular formula is C54H66N8O4. The number of nitrogens with one attached hydrogen (secondary N) is 2. The van der Waals surface area contributed by atoms with Crippen molar-refractivity contribution in [3.8, 4) is 11.8 Å². The van der Waals surface area contributed by atoms with Gasteiger partial charge in [-0.2, -0.15) is 0 Å². The molecule has 4 aliphatic heterocycles. The van der Waals surface area contributed by atoms with Crippen LogP contribution in [0.5, 0.6) is 0 Å². The first kappa shape index (κ1) is 44.6. The summed E-state index contributed by atoms with van der Waals surface area (Å²) in [4.78, 5) is 58.3. The summed E-state index contributed by atoms with van der Waals surface area (Å²) in [6, 6.07) is 14.5. The number of allylic oxidation sites excluding steroid dienone is 5. The zero-order valence-corrected chi connectivity index (χ0v) is 38.8. The highest BCUT2D eigenvalue weighted by atomic mass is 16.5. The molecule has 2 aromatic carbocycles. The number of carbonyl (C=O) groups excluding carboxylic acids is 3. The van der Waals surface area contributed by atoms with E-state index in [9.17, 15) is 14.4 Å². The minimum Gasteiger partial charge on any atom is -0.494 e. The van der Waals surface area contributed by atoms with E-state index in [1.54, 1.807) is 6.07 Å². The van der Waals surface area contributed by atoms with Gasteiger partial charge in [-0.15, -0.1) is 11.5 Å². The van der Waals surface area contributed by atoms with E-state index in [-0.39, 0.29) is 34.0 Å². The number of carbonyl (C=O) groups is 3. The van der Waals surface area contributed by atoms with Crippen LogP contribution in [0.25, 0.3) is 0 Å². The monoisotopic (exact) mass is 891 g/mol. The molecule has 2 saturated heterocycles. The Hall–Kier alpha value is -6.63. The lowest BCUT2D eigenvalue weighted by Crippen LogP contribution is -2.63. The van der Waals surface area contributed by atoms with Crippen LogP contribution in [0.3, 0.4) is 0 Å². The predicted molar refractivity (Wildman–Crippen MR) is 263 cm³/mol. The molecule has 3 atom stereocenters. The molecule has 12 heteroatoms. The summed E-state index contributed by atoms with van der Waals surface area (Å²) in [6.07, 6.45) is 5.32. The molecule has 0 spiro atoms. The van der Waals surface area contributed by atoms with E-state index >= 15 is 0 Å². The number of rotatable bonds is 12. The van der Waals surface area contributed by atoms with Crippen molar-refractivity contribution < 1.29 is 23.4 Å². The van der Waals surface area contributed by atoms with Crippen LogP contribution in [0.1, 0.15) is 88.8 Å². The van der Waals surface area contributed by atoms with Crippen LogP contribution in [0, 0.1) is 29.6 Å². The van der Waals surface area contributed by atoms with E-state index in [1.807, 2.05) is 25.3 Å². The molecule has 2 aliphatic carbocycles. The molecule has 346 valence electrons. The van der Waals surface area contributed by atoms with Gasteiger partial charge in [0.2, 0.25) is 11.7 Å². The lowest BCUT2D eigenvalue weighted by atomic mass is 9.79. The Labute approximate surface area is 393 Å². The Bertz CT molecular complexity index is 2700. The highest BCUT2D eigenvalue weighted by molar-refractivity contribution is 6.09. The zero-order chi connectivity index (χ0) is 46.1. The average molecular weight is 891 g/mol. The number of piperazine rings is 1. The van der Waals surface area contributed by atoms with Gasteiger partial charge in [-0.25, -0.2) is 9.97 Å². The second-order valence-electron chi connectivity index (χ2n) is 18.6. The van der Waals surface area contributed by atoms with Crippen LogP contribution in [0.2, 0.25) is 0 Å². The summed E-state index contributed by atoms with van der Waals surface area (Å²) < 4.78 is 6.01. The fourth-order valence-corrected chi connectivity index (χ4v) is 10.6. The van der Waals surface area contributed by atoms with Gasteiger partial charge >= 0.3 is 0 Å². The van der Waals surface area contributed by atoms with Crippen molar-refractivity contribution in [1.82, 2.24) is 30.0 Å².